The molecule has 32 heavy (non-hydrogen) atoms. The van der Waals surface area contributed by atoms with E-state index in [-0.39, 0.29) is 12.7 Å². The van der Waals surface area contributed by atoms with E-state index in [1.54, 1.807) is 5.57 Å². The molecule has 176 valence electrons. The van der Waals surface area contributed by atoms with Gasteiger partial charge in [0.25, 0.3) is 0 Å². The summed E-state index contributed by atoms with van der Waals surface area (Å²) in [7, 11) is 0. The lowest BCUT2D eigenvalue weighted by atomic mass is 9.47. The van der Waals surface area contributed by atoms with Gasteiger partial charge in [0.1, 0.15) is 0 Å². The molecule has 0 bridgehead atoms. The summed E-state index contributed by atoms with van der Waals surface area (Å²) < 4.78 is 0. The van der Waals surface area contributed by atoms with Crippen molar-refractivity contribution < 1.29 is 10.2 Å². The number of aryl methyl sites for hydroxylation is 1. The lowest BCUT2D eigenvalue weighted by molar-refractivity contribution is -0.0571. The summed E-state index contributed by atoms with van der Waals surface area (Å²) in [5, 5.41) is 19.9. The zero-order valence-corrected chi connectivity index (χ0v) is 20.4. The standard InChI is InChI=1S/C29H43NO2/c1-19(6-11-27-20(18-31)5-4-16-30-27)24-9-10-25-23-8-7-21-17-22(32)12-14-28(21,2)26(23)13-15-29(24,25)3/h4-5,7,16,19,22-26,31-32H,6,8-15,17-18H2,1-3H3/t19?,22-,23-,24+,25-,26-,28-,29+/m0/s1. The Morgan fingerprint density at radius 2 is 1.97 bits per heavy atom. The molecule has 0 aromatic carbocycles. The minimum Gasteiger partial charge on any atom is -0.393 e. The summed E-state index contributed by atoms with van der Waals surface area (Å²) in [5.74, 6) is 4.03. The highest BCUT2D eigenvalue weighted by Crippen LogP contribution is 2.67. The third kappa shape index (κ3) is 3.59. The van der Waals surface area contributed by atoms with Crippen LogP contribution in [-0.4, -0.2) is 21.3 Å². The van der Waals surface area contributed by atoms with Gasteiger partial charge in [-0.1, -0.05) is 38.5 Å². The molecule has 0 saturated heterocycles. The number of allylic oxidation sites excluding steroid dienone is 1. The van der Waals surface area contributed by atoms with Crippen LogP contribution in [-0.2, 0) is 13.0 Å². The Balaban J connectivity index is 1.30. The van der Waals surface area contributed by atoms with Crippen molar-refractivity contribution in [3.05, 3.63) is 41.2 Å². The SMILES string of the molecule is CC(CCc1ncccc1CO)[C@H]1CC[C@H]2[C@@H]3CC=C4C[C@@H](O)CC[C@]4(C)[C@H]3CC[C@]12C. The van der Waals surface area contributed by atoms with Crippen LogP contribution >= 0.6 is 0 Å². The summed E-state index contributed by atoms with van der Waals surface area (Å²) in [5.41, 5.74) is 4.47. The molecule has 4 aliphatic carbocycles. The molecule has 5 rings (SSSR count). The van der Waals surface area contributed by atoms with Crippen LogP contribution in [0.4, 0.5) is 0 Å². The maximum absolute atomic E-state index is 10.3. The molecule has 3 saturated carbocycles. The van der Waals surface area contributed by atoms with Crippen molar-refractivity contribution in [1.82, 2.24) is 4.98 Å². The van der Waals surface area contributed by atoms with Gasteiger partial charge in [0.2, 0.25) is 0 Å². The number of fused-ring (bicyclic) bond motifs is 5. The van der Waals surface area contributed by atoms with Gasteiger partial charge in [-0.2, -0.15) is 0 Å². The predicted octanol–water partition coefficient (Wildman–Crippen LogP) is 6.08. The Kier molecular flexibility index (Phi) is 6.03. The van der Waals surface area contributed by atoms with Crippen LogP contribution in [0.1, 0.15) is 89.8 Å². The largest absolute Gasteiger partial charge is 0.393 e. The second kappa shape index (κ2) is 8.55. The van der Waals surface area contributed by atoms with Gasteiger partial charge in [0, 0.05) is 11.9 Å². The van der Waals surface area contributed by atoms with Crippen molar-refractivity contribution in [2.75, 3.05) is 0 Å². The molecule has 3 fully saturated rings. The Bertz CT molecular complexity index is 864. The Hall–Kier alpha value is -1.19. The fourth-order valence-corrected chi connectivity index (χ4v) is 9.02. The fourth-order valence-electron chi connectivity index (χ4n) is 9.02. The molecular weight excluding hydrogens is 394 g/mol. The Labute approximate surface area is 194 Å². The quantitative estimate of drug-likeness (QED) is 0.549. The number of hydrogen-bond acceptors (Lipinski definition) is 3. The highest BCUT2D eigenvalue weighted by atomic mass is 16.3. The number of aliphatic hydroxyl groups is 2. The van der Waals surface area contributed by atoms with Crippen LogP contribution in [0.15, 0.2) is 30.0 Å². The van der Waals surface area contributed by atoms with Crippen molar-refractivity contribution in [1.29, 1.82) is 0 Å². The number of hydrogen-bond donors (Lipinski definition) is 2. The Morgan fingerprint density at radius 1 is 1.12 bits per heavy atom. The molecule has 0 amide bonds. The minimum atomic E-state index is -0.109. The molecule has 1 heterocycles. The minimum absolute atomic E-state index is 0.0924. The maximum Gasteiger partial charge on any atom is 0.0699 e. The summed E-state index contributed by atoms with van der Waals surface area (Å²) in [4.78, 5) is 4.57. The summed E-state index contributed by atoms with van der Waals surface area (Å²) in [6.07, 6.45) is 16.3. The van der Waals surface area contributed by atoms with Crippen LogP contribution in [0.25, 0.3) is 0 Å². The molecule has 8 atom stereocenters. The summed E-state index contributed by atoms with van der Waals surface area (Å²) in [6, 6.07) is 3.94. The molecule has 3 nitrogen and oxygen atoms in total. The molecule has 2 N–H and O–H groups in total. The average molecular weight is 438 g/mol. The number of aromatic nitrogens is 1. The van der Waals surface area contributed by atoms with Crippen molar-refractivity contribution in [3.8, 4) is 0 Å². The van der Waals surface area contributed by atoms with Gasteiger partial charge in [-0.15, -0.1) is 0 Å². The molecule has 0 aliphatic heterocycles. The van der Waals surface area contributed by atoms with Gasteiger partial charge in [-0.05, 0) is 116 Å². The first-order valence-corrected chi connectivity index (χ1v) is 13.3. The van der Waals surface area contributed by atoms with E-state index in [1.807, 2.05) is 18.3 Å². The van der Waals surface area contributed by atoms with E-state index in [9.17, 15) is 10.2 Å². The number of pyridine rings is 1. The number of rotatable bonds is 5. The highest BCUT2D eigenvalue weighted by molar-refractivity contribution is 5.25. The van der Waals surface area contributed by atoms with Crippen LogP contribution in [0.5, 0.6) is 0 Å². The van der Waals surface area contributed by atoms with Crippen LogP contribution in [0.2, 0.25) is 0 Å². The van der Waals surface area contributed by atoms with Gasteiger partial charge in [0.15, 0.2) is 0 Å². The first-order chi connectivity index (χ1) is 15.4. The zero-order chi connectivity index (χ0) is 22.5. The molecule has 4 aliphatic rings. The lowest BCUT2D eigenvalue weighted by Gasteiger charge is -2.58. The van der Waals surface area contributed by atoms with Gasteiger partial charge in [-0.3, -0.25) is 4.98 Å². The van der Waals surface area contributed by atoms with Gasteiger partial charge in [0.05, 0.1) is 12.7 Å². The van der Waals surface area contributed by atoms with Crippen molar-refractivity contribution in [2.45, 2.75) is 97.7 Å². The van der Waals surface area contributed by atoms with E-state index >= 15 is 0 Å². The van der Waals surface area contributed by atoms with Gasteiger partial charge < -0.3 is 10.2 Å². The second-order valence-corrected chi connectivity index (χ2v) is 12.2. The van der Waals surface area contributed by atoms with E-state index in [1.165, 1.54) is 44.9 Å². The first-order valence-electron chi connectivity index (χ1n) is 13.3. The average Bonchev–Trinajstić information content (AvgIpc) is 3.15. The molecule has 0 radical (unpaired) electrons. The van der Waals surface area contributed by atoms with E-state index in [2.05, 4.69) is 31.8 Å². The molecular formula is C29H43NO2. The van der Waals surface area contributed by atoms with E-state index in [0.29, 0.717) is 16.7 Å². The second-order valence-electron chi connectivity index (χ2n) is 12.2. The van der Waals surface area contributed by atoms with Crippen LogP contribution < -0.4 is 0 Å². The highest BCUT2D eigenvalue weighted by Gasteiger charge is 2.59. The molecule has 0 spiro atoms. The van der Waals surface area contributed by atoms with E-state index in [4.69, 9.17) is 0 Å². The van der Waals surface area contributed by atoms with E-state index < -0.39 is 0 Å². The normalized spacial score (nSPS) is 41.9. The third-order valence-corrected chi connectivity index (χ3v) is 10.8. The van der Waals surface area contributed by atoms with Crippen molar-refractivity contribution in [3.63, 3.8) is 0 Å². The van der Waals surface area contributed by atoms with Gasteiger partial charge >= 0.3 is 0 Å². The molecule has 1 unspecified atom stereocenters. The van der Waals surface area contributed by atoms with Gasteiger partial charge in [-0.25, -0.2) is 0 Å². The summed E-state index contributed by atoms with van der Waals surface area (Å²) >= 11 is 0. The molecule has 1 aromatic heterocycles. The fraction of sp³-hybridized carbons (Fsp3) is 0.759. The van der Waals surface area contributed by atoms with Crippen molar-refractivity contribution in [2.24, 2.45) is 40.4 Å². The first kappa shape index (κ1) is 22.6. The molecule has 3 heteroatoms. The monoisotopic (exact) mass is 437 g/mol. The van der Waals surface area contributed by atoms with Crippen LogP contribution in [0.3, 0.4) is 0 Å². The Morgan fingerprint density at radius 3 is 2.78 bits per heavy atom. The molecule has 1 aromatic rings. The topological polar surface area (TPSA) is 53.4 Å². The van der Waals surface area contributed by atoms with Crippen LogP contribution in [0, 0.1) is 40.4 Å². The predicted molar refractivity (Wildman–Crippen MR) is 129 cm³/mol. The van der Waals surface area contributed by atoms with E-state index in [0.717, 1.165) is 54.2 Å². The smallest absolute Gasteiger partial charge is 0.0699 e. The summed E-state index contributed by atoms with van der Waals surface area (Å²) in [6.45, 7) is 7.74. The third-order valence-electron chi connectivity index (χ3n) is 10.8. The lowest BCUT2D eigenvalue weighted by Crippen LogP contribution is -2.50. The number of aliphatic hydroxyl groups excluding tert-OH is 2. The maximum atomic E-state index is 10.3. The van der Waals surface area contributed by atoms with Crippen molar-refractivity contribution >= 4 is 0 Å². The zero-order valence-electron chi connectivity index (χ0n) is 20.4. The number of nitrogens with zero attached hydrogens (tertiary/aromatic N) is 1.